The highest BCUT2D eigenvalue weighted by molar-refractivity contribution is 5.63. The smallest absolute Gasteiger partial charge is 0.171 e. The van der Waals surface area contributed by atoms with Crippen molar-refractivity contribution in [2.45, 2.75) is 0 Å². The van der Waals surface area contributed by atoms with Gasteiger partial charge >= 0.3 is 0 Å². The quantitative estimate of drug-likeness (QED) is 0.934. The van der Waals surface area contributed by atoms with E-state index in [9.17, 15) is 8.78 Å². The number of rotatable bonds is 3. The SMILES string of the molecule is CNc1nc(N(C)c2cccc(C#N)c2)c(F)cc1F. The molecule has 0 aliphatic carbocycles. The van der Waals surface area contributed by atoms with Crippen LogP contribution in [-0.2, 0) is 0 Å². The van der Waals surface area contributed by atoms with Crippen molar-refractivity contribution in [3.63, 3.8) is 0 Å². The Kier molecular flexibility index (Phi) is 3.80. The zero-order valence-corrected chi connectivity index (χ0v) is 11.0. The monoisotopic (exact) mass is 274 g/mol. The Morgan fingerprint density at radius 3 is 2.65 bits per heavy atom. The third-order valence-electron chi connectivity index (χ3n) is 2.83. The summed E-state index contributed by atoms with van der Waals surface area (Å²) in [5.74, 6) is -1.59. The number of nitrogens with zero attached hydrogens (tertiary/aromatic N) is 3. The number of aromatic nitrogens is 1. The van der Waals surface area contributed by atoms with Crippen molar-refractivity contribution < 1.29 is 8.78 Å². The van der Waals surface area contributed by atoms with Gasteiger partial charge in [0.1, 0.15) is 0 Å². The van der Waals surface area contributed by atoms with Crippen molar-refractivity contribution >= 4 is 17.3 Å². The normalized spacial score (nSPS) is 9.95. The Balaban J connectivity index is 2.47. The molecule has 0 bridgehead atoms. The second-order valence-electron chi connectivity index (χ2n) is 4.10. The summed E-state index contributed by atoms with van der Waals surface area (Å²) in [6, 6.07) is 9.43. The van der Waals surface area contributed by atoms with Gasteiger partial charge in [0, 0.05) is 25.8 Å². The van der Waals surface area contributed by atoms with E-state index >= 15 is 0 Å². The first-order chi connectivity index (χ1) is 9.56. The van der Waals surface area contributed by atoms with Gasteiger partial charge in [-0.1, -0.05) is 6.07 Å². The number of anilines is 3. The van der Waals surface area contributed by atoms with Gasteiger partial charge in [0.15, 0.2) is 23.3 Å². The van der Waals surface area contributed by atoms with Crippen LogP contribution in [0, 0.1) is 23.0 Å². The number of hydrogen-bond donors (Lipinski definition) is 1. The number of pyridine rings is 1. The largest absolute Gasteiger partial charge is 0.371 e. The molecule has 0 aliphatic rings. The van der Waals surface area contributed by atoms with Gasteiger partial charge in [0.25, 0.3) is 0 Å². The van der Waals surface area contributed by atoms with E-state index in [2.05, 4.69) is 10.3 Å². The fraction of sp³-hybridized carbons (Fsp3) is 0.143. The first-order valence-electron chi connectivity index (χ1n) is 5.84. The van der Waals surface area contributed by atoms with E-state index in [1.54, 1.807) is 31.3 Å². The summed E-state index contributed by atoms with van der Waals surface area (Å²) >= 11 is 0. The maximum absolute atomic E-state index is 13.8. The van der Waals surface area contributed by atoms with Crippen LogP contribution in [0.15, 0.2) is 30.3 Å². The second kappa shape index (κ2) is 5.53. The molecule has 6 heteroatoms. The van der Waals surface area contributed by atoms with Gasteiger partial charge in [0.2, 0.25) is 0 Å². The lowest BCUT2D eigenvalue weighted by Gasteiger charge is -2.20. The molecule has 0 aliphatic heterocycles. The molecule has 0 atom stereocenters. The summed E-state index contributed by atoms with van der Waals surface area (Å²) in [6.07, 6.45) is 0. The van der Waals surface area contributed by atoms with Crippen molar-refractivity contribution in [1.82, 2.24) is 4.98 Å². The molecule has 0 radical (unpaired) electrons. The molecule has 0 saturated carbocycles. The van der Waals surface area contributed by atoms with Crippen LogP contribution in [0.25, 0.3) is 0 Å². The molecule has 1 N–H and O–H groups in total. The van der Waals surface area contributed by atoms with Crippen molar-refractivity contribution in [2.75, 3.05) is 24.3 Å². The molecule has 2 rings (SSSR count). The van der Waals surface area contributed by atoms with Crippen molar-refractivity contribution in [1.29, 1.82) is 5.26 Å². The Morgan fingerprint density at radius 1 is 1.25 bits per heavy atom. The first kappa shape index (κ1) is 13.7. The Morgan fingerprint density at radius 2 is 2.00 bits per heavy atom. The maximum atomic E-state index is 13.8. The third kappa shape index (κ3) is 2.52. The zero-order valence-electron chi connectivity index (χ0n) is 11.0. The van der Waals surface area contributed by atoms with Gasteiger partial charge in [-0.3, -0.25) is 0 Å². The van der Waals surface area contributed by atoms with Crippen LogP contribution in [0.5, 0.6) is 0 Å². The van der Waals surface area contributed by atoms with Gasteiger partial charge in [0.05, 0.1) is 11.6 Å². The van der Waals surface area contributed by atoms with Gasteiger partial charge in [-0.15, -0.1) is 0 Å². The average molecular weight is 274 g/mol. The van der Waals surface area contributed by atoms with E-state index in [1.165, 1.54) is 11.9 Å². The molecule has 1 aromatic carbocycles. The topological polar surface area (TPSA) is 52.0 Å². The third-order valence-corrected chi connectivity index (χ3v) is 2.83. The molecular formula is C14H12F2N4. The summed E-state index contributed by atoms with van der Waals surface area (Å²) in [4.78, 5) is 5.36. The Bertz CT molecular complexity index is 679. The molecule has 4 nitrogen and oxygen atoms in total. The summed E-state index contributed by atoms with van der Waals surface area (Å²) in [7, 11) is 3.10. The lowest BCUT2D eigenvalue weighted by atomic mass is 10.2. The zero-order chi connectivity index (χ0) is 14.7. The Labute approximate surface area is 115 Å². The van der Waals surface area contributed by atoms with Gasteiger partial charge in [-0.2, -0.15) is 5.26 Å². The van der Waals surface area contributed by atoms with Crippen LogP contribution >= 0.6 is 0 Å². The molecule has 0 saturated heterocycles. The van der Waals surface area contributed by atoms with Crippen molar-refractivity contribution in [3.05, 3.63) is 47.5 Å². The van der Waals surface area contributed by atoms with Gasteiger partial charge < -0.3 is 10.2 Å². The van der Waals surface area contributed by atoms with Crippen LogP contribution in [0.1, 0.15) is 5.56 Å². The highest BCUT2D eigenvalue weighted by atomic mass is 19.1. The van der Waals surface area contributed by atoms with E-state index in [1.807, 2.05) is 6.07 Å². The maximum Gasteiger partial charge on any atom is 0.171 e. The number of hydrogen-bond acceptors (Lipinski definition) is 4. The van der Waals surface area contributed by atoms with Crippen LogP contribution < -0.4 is 10.2 Å². The van der Waals surface area contributed by atoms with Gasteiger partial charge in [-0.05, 0) is 18.2 Å². The number of benzene rings is 1. The van der Waals surface area contributed by atoms with E-state index < -0.39 is 11.6 Å². The molecule has 0 fully saturated rings. The lowest BCUT2D eigenvalue weighted by molar-refractivity contribution is 0.576. The van der Waals surface area contributed by atoms with Crippen LogP contribution in [-0.4, -0.2) is 19.1 Å². The van der Waals surface area contributed by atoms with Crippen LogP contribution in [0.3, 0.4) is 0 Å². The standard InChI is InChI=1S/C14H12F2N4/c1-18-13-11(15)7-12(16)14(19-13)20(2)10-5-3-4-9(6-10)8-17/h3-7H,1-2H3,(H,18,19). The lowest BCUT2D eigenvalue weighted by Crippen LogP contribution is -2.15. The molecule has 0 spiro atoms. The predicted octanol–water partition coefficient (Wildman–Crippen LogP) is 3.04. The first-order valence-corrected chi connectivity index (χ1v) is 5.84. The van der Waals surface area contributed by atoms with E-state index in [-0.39, 0.29) is 11.6 Å². The molecule has 102 valence electrons. The fourth-order valence-corrected chi connectivity index (χ4v) is 1.77. The number of halogens is 2. The van der Waals surface area contributed by atoms with E-state index in [0.717, 1.165) is 6.07 Å². The minimum Gasteiger partial charge on any atom is -0.371 e. The van der Waals surface area contributed by atoms with Crippen LogP contribution in [0.4, 0.5) is 26.1 Å². The molecule has 0 amide bonds. The summed E-state index contributed by atoms with van der Waals surface area (Å²) in [6.45, 7) is 0. The molecule has 2 aromatic rings. The second-order valence-corrected chi connectivity index (χ2v) is 4.10. The number of nitriles is 1. The van der Waals surface area contributed by atoms with E-state index in [4.69, 9.17) is 5.26 Å². The Hall–Kier alpha value is -2.68. The van der Waals surface area contributed by atoms with Crippen LogP contribution in [0.2, 0.25) is 0 Å². The highest BCUT2D eigenvalue weighted by Crippen LogP contribution is 2.27. The number of nitrogens with one attached hydrogen (secondary N) is 1. The molecule has 0 unspecified atom stereocenters. The molecular weight excluding hydrogens is 262 g/mol. The summed E-state index contributed by atoms with van der Waals surface area (Å²) in [5, 5.41) is 11.4. The average Bonchev–Trinajstić information content (AvgIpc) is 2.47. The molecule has 20 heavy (non-hydrogen) atoms. The summed E-state index contributed by atoms with van der Waals surface area (Å²) < 4.78 is 27.2. The van der Waals surface area contributed by atoms with Gasteiger partial charge in [-0.25, -0.2) is 13.8 Å². The summed E-state index contributed by atoms with van der Waals surface area (Å²) in [5.41, 5.74) is 1.04. The predicted molar refractivity (Wildman–Crippen MR) is 72.9 cm³/mol. The highest BCUT2D eigenvalue weighted by Gasteiger charge is 2.16. The minimum absolute atomic E-state index is 0.0224. The van der Waals surface area contributed by atoms with Crippen molar-refractivity contribution in [2.24, 2.45) is 0 Å². The van der Waals surface area contributed by atoms with Crippen molar-refractivity contribution in [3.8, 4) is 6.07 Å². The van der Waals surface area contributed by atoms with E-state index in [0.29, 0.717) is 11.3 Å². The fourth-order valence-electron chi connectivity index (χ4n) is 1.77. The molecule has 1 aromatic heterocycles. The minimum atomic E-state index is -0.772. The molecule has 1 heterocycles.